The van der Waals surface area contributed by atoms with E-state index >= 15 is 0 Å². The third-order valence-electron chi connectivity index (χ3n) is 6.07. The number of hydrogen-bond donors (Lipinski definition) is 0. The monoisotopic (exact) mass is 454 g/mol. The number of ether oxygens (including phenoxy) is 1. The summed E-state index contributed by atoms with van der Waals surface area (Å²) in [7, 11) is 0. The fourth-order valence-electron chi connectivity index (χ4n) is 4.01. The number of rotatable bonds is 4. The van der Waals surface area contributed by atoms with Gasteiger partial charge in [0.1, 0.15) is 23.0 Å². The second-order valence-electron chi connectivity index (χ2n) is 8.15. The van der Waals surface area contributed by atoms with Crippen LogP contribution in [-0.2, 0) is 9.53 Å². The molecule has 3 heterocycles. The van der Waals surface area contributed by atoms with Gasteiger partial charge in [-0.1, -0.05) is 23.7 Å². The molecule has 0 saturated heterocycles. The van der Waals surface area contributed by atoms with Crippen LogP contribution in [0.4, 0.5) is 0 Å². The van der Waals surface area contributed by atoms with Crippen LogP contribution in [0.2, 0.25) is 5.02 Å². The van der Waals surface area contributed by atoms with Gasteiger partial charge >= 0.3 is 5.97 Å². The maximum atomic E-state index is 12.7. The van der Waals surface area contributed by atoms with Gasteiger partial charge in [0.15, 0.2) is 5.82 Å². The van der Waals surface area contributed by atoms with Crippen LogP contribution >= 0.6 is 22.9 Å². The van der Waals surface area contributed by atoms with Crippen molar-refractivity contribution >= 4 is 34.6 Å². The van der Waals surface area contributed by atoms with Crippen molar-refractivity contribution in [1.29, 1.82) is 0 Å². The Kier molecular flexibility index (Phi) is 5.18. The number of thiophene rings is 1. The van der Waals surface area contributed by atoms with E-state index < -0.39 is 6.04 Å². The lowest BCUT2D eigenvalue weighted by molar-refractivity contribution is -0.153. The molecule has 1 aliphatic heterocycles. The third-order valence-corrected chi connectivity index (χ3v) is 7.51. The standard InChI is InChI=1S/C23H23ClN4O2S/c1-12-13(2)31-23-20(12)21(15-7-9-16(24)10-8-15)25-18(22-27-26-14(3)28(22)23)11-19(29)30-17-5-4-6-17/h7-10,17-18H,4-6,11H2,1-3H3/t18-/m0/s1. The van der Waals surface area contributed by atoms with E-state index in [1.54, 1.807) is 11.3 Å². The van der Waals surface area contributed by atoms with Crippen LogP contribution in [0.5, 0.6) is 0 Å². The second kappa shape index (κ2) is 7.88. The lowest BCUT2D eigenvalue weighted by Gasteiger charge is -2.25. The molecule has 1 aromatic carbocycles. The molecule has 160 valence electrons. The fraction of sp³-hybridized carbons (Fsp3) is 0.391. The summed E-state index contributed by atoms with van der Waals surface area (Å²) in [5, 5.41) is 10.5. The summed E-state index contributed by atoms with van der Waals surface area (Å²) in [6.07, 6.45) is 3.19. The Bertz CT molecular complexity index is 1190. The molecule has 3 aromatic rings. The lowest BCUT2D eigenvalue weighted by Crippen LogP contribution is -2.26. The summed E-state index contributed by atoms with van der Waals surface area (Å²) < 4.78 is 7.68. The average Bonchev–Trinajstić information content (AvgIpc) is 3.18. The van der Waals surface area contributed by atoms with Gasteiger partial charge in [-0.3, -0.25) is 14.4 Å². The van der Waals surface area contributed by atoms with Crippen LogP contribution in [-0.4, -0.2) is 32.5 Å². The maximum Gasteiger partial charge on any atom is 0.308 e. The van der Waals surface area contributed by atoms with Crippen molar-refractivity contribution in [2.24, 2.45) is 4.99 Å². The SMILES string of the molecule is Cc1sc2c(c1C)C(c1ccc(Cl)cc1)=N[C@@H](CC(=O)OC1CCC1)c1nnc(C)n1-2. The molecule has 0 radical (unpaired) electrons. The summed E-state index contributed by atoms with van der Waals surface area (Å²) in [4.78, 5) is 19.0. The number of carbonyl (C=O) groups is 1. The summed E-state index contributed by atoms with van der Waals surface area (Å²) in [5.41, 5.74) is 4.04. The molecule has 2 aromatic heterocycles. The van der Waals surface area contributed by atoms with Crippen molar-refractivity contribution in [2.45, 2.75) is 58.6 Å². The molecule has 1 fully saturated rings. The van der Waals surface area contributed by atoms with Crippen LogP contribution in [0, 0.1) is 20.8 Å². The first-order valence-electron chi connectivity index (χ1n) is 10.5. The second-order valence-corrected chi connectivity index (χ2v) is 9.79. The van der Waals surface area contributed by atoms with Gasteiger partial charge in [-0.25, -0.2) is 0 Å². The predicted octanol–water partition coefficient (Wildman–Crippen LogP) is 5.29. The van der Waals surface area contributed by atoms with Crippen molar-refractivity contribution < 1.29 is 9.53 Å². The number of fused-ring (bicyclic) bond motifs is 3. The highest BCUT2D eigenvalue weighted by molar-refractivity contribution is 7.15. The van der Waals surface area contributed by atoms with E-state index in [1.807, 2.05) is 35.8 Å². The zero-order valence-electron chi connectivity index (χ0n) is 17.7. The Morgan fingerprint density at radius 1 is 1.19 bits per heavy atom. The van der Waals surface area contributed by atoms with Crippen LogP contribution in [0.1, 0.15) is 64.9 Å². The van der Waals surface area contributed by atoms with Crippen LogP contribution in [0.25, 0.3) is 5.00 Å². The molecule has 31 heavy (non-hydrogen) atoms. The van der Waals surface area contributed by atoms with Crippen molar-refractivity contribution in [3.63, 3.8) is 0 Å². The minimum absolute atomic E-state index is 0.0455. The topological polar surface area (TPSA) is 69.4 Å². The van der Waals surface area contributed by atoms with Gasteiger partial charge in [0.05, 0.1) is 12.1 Å². The molecule has 0 N–H and O–H groups in total. The molecule has 0 amide bonds. The molecular weight excluding hydrogens is 432 g/mol. The largest absolute Gasteiger partial charge is 0.462 e. The van der Waals surface area contributed by atoms with Gasteiger partial charge in [-0.15, -0.1) is 21.5 Å². The van der Waals surface area contributed by atoms with Crippen molar-refractivity contribution in [1.82, 2.24) is 14.8 Å². The smallest absolute Gasteiger partial charge is 0.308 e. The number of halogens is 1. The molecule has 5 rings (SSSR count). The first-order chi connectivity index (χ1) is 14.9. The van der Waals surface area contributed by atoms with Crippen LogP contribution in [0.15, 0.2) is 29.3 Å². The summed E-state index contributed by atoms with van der Waals surface area (Å²) in [6.45, 7) is 6.16. The van der Waals surface area contributed by atoms with Gasteiger partial charge in [0.25, 0.3) is 0 Å². The number of aliphatic imine (C=N–C) groups is 1. The van der Waals surface area contributed by atoms with E-state index in [-0.39, 0.29) is 18.5 Å². The number of hydrogen-bond acceptors (Lipinski definition) is 6. The molecule has 2 aliphatic rings. The number of carbonyl (C=O) groups excluding carboxylic acids is 1. The van der Waals surface area contributed by atoms with Gasteiger partial charge in [-0.2, -0.15) is 0 Å². The summed E-state index contributed by atoms with van der Waals surface area (Å²) in [6, 6.07) is 7.20. The van der Waals surface area contributed by atoms with Crippen molar-refractivity contribution in [3.05, 3.63) is 62.5 Å². The van der Waals surface area contributed by atoms with E-state index in [2.05, 4.69) is 24.0 Å². The van der Waals surface area contributed by atoms with E-state index in [9.17, 15) is 4.79 Å². The van der Waals surface area contributed by atoms with E-state index in [4.69, 9.17) is 21.3 Å². The summed E-state index contributed by atoms with van der Waals surface area (Å²) in [5.74, 6) is 1.22. The number of esters is 1. The quantitative estimate of drug-likeness (QED) is 0.502. The third kappa shape index (κ3) is 3.59. The molecule has 1 atom stereocenters. The molecule has 0 spiro atoms. The minimum atomic E-state index is -0.473. The van der Waals surface area contributed by atoms with Gasteiger partial charge in [0, 0.05) is 21.0 Å². The van der Waals surface area contributed by atoms with Gasteiger partial charge in [0.2, 0.25) is 0 Å². The Morgan fingerprint density at radius 3 is 2.61 bits per heavy atom. The molecule has 1 saturated carbocycles. The fourth-order valence-corrected chi connectivity index (χ4v) is 5.35. The Labute approximate surface area is 189 Å². The zero-order chi connectivity index (χ0) is 21.7. The predicted molar refractivity (Wildman–Crippen MR) is 122 cm³/mol. The normalized spacial score (nSPS) is 17.9. The van der Waals surface area contributed by atoms with E-state index in [1.165, 1.54) is 10.4 Å². The number of aryl methyl sites for hydroxylation is 2. The van der Waals surface area contributed by atoms with E-state index in [0.717, 1.165) is 46.9 Å². The molecule has 0 bridgehead atoms. The Morgan fingerprint density at radius 2 is 1.94 bits per heavy atom. The minimum Gasteiger partial charge on any atom is -0.462 e. The maximum absolute atomic E-state index is 12.7. The number of benzene rings is 1. The highest BCUT2D eigenvalue weighted by atomic mass is 35.5. The molecule has 1 aliphatic carbocycles. The molecule has 6 nitrogen and oxygen atoms in total. The average molecular weight is 455 g/mol. The molecular formula is C23H23ClN4O2S. The Hall–Kier alpha value is -2.51. The highest BCUT2D eigenvalue weighted by Gasteiger charge is 2.33. The lowest BCUT2D eigenvalue weighted by atomic mass is 9.96. The highest BCUT2D eigenvalue weighted by Crippen LogP contribution is 2.39. The van der Waals surface area contributed by atoms with Gasteiger partial charge < -0.3 is 4.74 Å². The molecule has 8 heteroatoms. The first kappa shape index (κ1) is 20.4. The summed E-state index contributed by atoms with van der Waals surface area (Å²) >= 11 is 7.84. The van der Waals surface area contributed by atoms with Crippen LogP contribution < -0.4 is 0 Å². The van der Waals surface area contributed by atoms with Crippen LogP contribution in [0.3, 0.4) is 0 Å². The zero-order valence-corrected chi connectivity index (χ0v) is 19.3. The molecule has 0 unspecified atom stereocenters. The number of nitrogens with zero attached hydrogens (tertiary/aromatic N) is 4. The number of aromatic nitrogens is 3. The Balaban J connectivity index is 1.65. The van der Waals surface area contributed by atoms with Gasteiger partial charge in [-0.05, 0) is 57.7 Å². The first-order valence-corrected chi connectivity index (χ1v) is 11.7. The van der Waals surface area contributed by atoms with Crippen molar-refractivity contribution in [2.75, 3.05) is 0 Å². The van der Waals surface area contributed by atoms with E-state index in [0.29, 0.717) is 10.8 Å². The van der Waals surface area contributed by atoms with Crippen molar-refractivity contribution in [3.8, 4) is 5.00 Å².